The number of methoxy groups -OCH3 is 2. The summed E-state index contributed by atoms with van der Waals surface area (Å²) in [6.45, 7) is 3.91. The zero-order chi connectivity index (χ0) is 14.0. The van der Waals surface area contributed by atoms with E-state index in [-0.39, 0.29) is 0 Å². The molecule has 0 fully saturated rings. The van der Waals surface area contributed by atoms with Crippen LogP contribution in [-0.2, 0) is 0 Å². The van der Waals surface area contributed by atoms with Crippen molar-refractivity contribution in [1.29, 1.82) is 0 Å². The molecule has 102 valence electrons. The first-order valence-corrected chi connectivity index (χ1v) is 5.98. The molecular formula is C14H18N2O3. The van der Waals surface area contributed by atoms with E-state index in [1.54, 1.807) is 21.3 Å². The highest BCUT2D eigenvalue weighted by Gasteiger charge is 2.16. The van der Waals surface area contributed by atoms with Gasteiger partial charge in [0.25, 0.3) is 6.01 Å². The van der Waals surface area contributed by atoms with Crippen molar-refractivity contribution < 1.29 is 13.9 Å². The van der Waals surface area contributed by atoms with Crippen molar-refractivity contribution in [2.24, 2.45) is 0 Å². The number of hydrogen-bond donors (Lipinski definition) is 1. The second-order valence-electron chi connectivity index (χ2n) is 4.21. The normalized spacial score (nSPS) is 10.4. The van der Waals surface area contributed by atoms with Crippen LogP contribution in [-0.4, -0.2) is 26.3 Å². The van der Waals surface area contributed by atoms with E-state index in [2.05, 4.69) is 10.3 Å². The van der Waals surface area contributed by atoms with E-state index in [1.807, 2.05) is 26.0 Å². The van der Waals surface area contributed by atoms with E-state index in [1.165, 1.54) is 0 Å². The summed E-state index contributed by atoms with van der Waals surface area (Å²) in [6, 6.07) is 4.33. The maximum atomic E-state index is 5.68. The molecule has 0 aliphatic heterocycles. The van der Waals surface area contributed by atoms with E-state index in [0.29, 0.717) is 17.5 Å². The molecule has 1 aromatic heterocycles. The van der Waals surface area contributed by atoms with Gasteiger partial charge < -0.3 is 19.2 Å². The number of aromatic nitrogens is 1. The van der Waals surface area contributed by atoms with Gasteiger partial charge in [0.15, 0.2) is 17.3 Å². The molecule has 0 atom stereocenters. The highest BCUT2D eigenvalue weighted by atomic mass is 16.5. The zero-order valence-corrected chi connectivity index (χ0v) is 11.8. The summed E-state index contributed by atoms with van der Waals surface area (Å²) in [6.07, 6.45) is 0. The van der Waals surface area contributed by atoms with Crippen LogP contribution in [0.4, 0.5) is 6.01 Å². The summed E-state index contributed by atoms with van der Waals surface area (Å²) < 4.78 is 16.3. The Kier molecular flexibility index (Phi) is 3.64. The molecule has 1 heterocycles. The molecule has 0 spiro atoms. The molecule has 5 nitrogen and oxygen atoms in total. The summed E-state index contributed by atoms with van der Waals surface area (Å²) in [5.74, 6) is 2.11. The number of oxazole rings is 1. The molecule has 2 rings (SSSR count). The minimum atomic E-state index is 0.502. The van der Waals surface area contributed by atoms with Gasteiger partial charge >= 0.3 is 0 Å². The summed E-state index contributed by atoms with van der Waals surface area (Å²) in [4.78, 5) is 4.29. The average molecular weight is 262 g/mol. The lowest BCUT2D eigenvalue weighted by Crippen LogP contribution is -1.93. The highest BCUT2D eigenvalue weighted by molar-refractivity contribution is 5.69. The molecule has 19 heavy (non-hydrogen) atoms. The molecule has 1 aromatic carbocycles. The molecule has 1 N–H and O–H groups in total. The van der Waals surface area contributed by atoms with Gasteiger partial charge in [-0.2, -0.15) is 4.98 Å². The number of rotatable bonds is 4. The van der Waals surface area contributed by atoms with Gasteiger partial charge in [-0.3, -0.25) is 0 Å². The van der Waals surface area contributed by atoms with Gasteiger partial charge in [-0.1, -0.05) is 0 Å². The summed E-state index contributed by atoms with van der Waals surface area (Å²) in [5.41, 5.74) is 2.82. The minimum absolute atomic E-state index is 0.502. The SMILES string of the molecule is CNc1nc(C)c(-c2cc(OC)c(OC)cc2C)o1. The van der Waals surface area contributed by atoms with Crippen LogP contribution in [0.1, 0.15) is 11.3 Å². The monoisotopic (exact) mass is 262 g/mol. The number of hydrogen-bond acceptors (Lipinski definition) is 5. The van der Waals surface area contributed by atoms with Crippen LogP contribution in [0.3, 0.4) is 0 Å². The highest BCUT2D eigenvalue weighted by Crippen LogP contribution is 2.37. The number of ether oxygens (including phenoxy) is 2. The molecule has 0 bridgehead atoms. The summed E-state index contributed by atoms with van der Waals surface area (Å²) in [5, 5.41) is 2.89. The van der Waals surface area contributed by atoms with Crippen LogP contribution in [0.15, 0.2) is 16.5 Å². The molecular weight excluding hydrogens is 244 g/mol. The molecule has 0 aliphatic rings. The lowest BCUT2D eigenvalue weighted by molar-refractivity contribution is 0.355. The quantitative estimate of drug-likeness (QED) is 0.917. The minimum Gasteiger partial charge on any atom is -0.493 e. The topological polar surface area (TPSA) is 56.5 Å². The fraction of sp³-hybridized carbons (Fsp3) is 0.357. The Bertz CT molecular complexity index is 591. The van der Waals surface area contributed by atoms with Gasteiger partial charge in [-0.15, -0.1) is 0 Å². The second kappa shape index (κ2) is 5.22. The van der Waals surface area contributed by atoms with Crippen molar-refractivity contribution >= 4 is 6.01 Å². The van der Waals surface area contributed by atoms with Crippen molar-refractivity contribution in [3.63, 3.8) is 0 Å². The number of aryl methyl sites for hydroxylation is 2. The van der Waals surface area contributed by atoms with Gasteiger partial charge in [0.05, 0.1) is 19.9 Å². The third kappa shape index (κ3) is 2.36. The Labute approximate surface area is 112 Å². The molecule has 0 aliphatic carbocycles. The van der Waals surface area contributed by atoms with Crippen molar-refractivity contribution in [3.8, 4) is 22.8 Å². The molecule has 0 radical (unpaired) electrons. The Balaban J connectivity index is 2.58. The Morgan fingerprint density at radius 3 is 2.26 bits per heavy atom. The van der Waals surface area contributed by atoms with E-state index >= 15 is 0 Å². The number of nitrogens with one attached hydrogen (secondary N) is 1. The van der Waals surface area contributed by atoms with E-state index < -0.39 is 0 Å². The smallest absolute Gasteiger partial charge is 0.295 e. The van der Waals surface area contributed by atoms with Crippen molar-refractivity contribution in [1.82, 2.24) is 4.98 Å². The second-order valence-corrected chi connectivity index (χ2v) is 4.21. The van der Waals surface area contributed by atoms with Gasteiger partial charge in [0.1, 0.15) is 0 Å². The maximum absolute atomic E-state index is 5.68. The van der Waals surface area contributed by atoms with Crippen LogP contribution < -0.4 is 14.8 Å². The predicted molar refractivity (Wildman–Crippen MR) is 74.1 cm³/mol. The lowest BCUT2D eigenvalue weighted by Gasteiger charge is -2.11. The molecule has 0 saturated carbocycles. The number of anilines is 1. The van der Waals surface area contributed by atoms with Gasteiger partial charge in [-0.25, -0.2) is 0 Å². The lowest BCUT2D eigenvalue weighted by atomic mass is 10.0. The molecule has 2 aromatic rings. The van der Waals surface area contributed by atoms with Crippen LogP contribution in [0.25, 0.3) is 11.3 Å². The largest absolute Gasteiger partial charge is 0.493 e. The Morgan fingerprint density at radius 2 is 1.74 bits per heavy atom. The first-order valence-electron chi connectivity index (χ1n) is 5.98. The van der Waals surface area contributed by atoms with E-state index in [4.69, 9.17) is 13.9 Å². The van der Waals surface area contributed by atoms with Crippen LogP contribution >= 0.6 is 0 Å². The first kappa shape index (κ1) is 13.3. The van der Waals surface area contributed by atoms with Crippen LogP contribution in [0.2, 0.25) is 0 Å². The Morgan fingerprint density at radius 1 is 1.11 bits per heavy atom. The van der Waals surface area contributed by atoms with Crippen molar-refractivity contribution in [2.75, 3.05) is 26.6 Å². The molecule has 5 heteroatoms. The molecule has 0 saturated heterocycles. The Hall–Kier alpha value is -2.17. The number of benzene rings is 1. The van der Waals surface area contributed by atoms with Crippen molar-refractivity contribution in [3.05, 3.63) is 23.4 Å². The number of nitrogens with zero attached hydrogens (tertiary/aromatic N) is 1. The van der Waals surface area contributed by atoms with Gasteiger partial charge in [0.2, 0.25) is 0 Å². The maximum Gasteiger partial charge on any atom is 0.295 e. The van der Waals surface area contributed by atoms with Gasteiger partial charge in [0, 0.05) is 12.6 Å². The van der Waals surface area contributed by atoms with Crippen LogP contribution in [0.5, 0.6) is 11.5 Å². The first-order chi connectivity index (χ1) is 9.10. The molecule has 0 amide bonds. The summed E-state index contributed by atoms with van der Waals surface area (Å²) >= 11 is 0. The third-order valence-corrected chi connectivity index (χ3v) is 2.99. The fourth-order valence-corrected chi connectivity index (χ4v) is 1.98. The van der Waals surface area contributed by atoms with Crippen LogP contribution in [0, 0.1) is 13.8 Å². The molecule has 0 unspecified atom stereocenters. The van der Waals surface area contributed by atoms with E-state index in [9.17, 15) is 0 Å². The predicted octanol–water partition coefficient (Wildman–Crippen LogP) is 3.02. The van der Waals surface area contributed by atoms with E-state index in [0.717, 1.165) is 22.6 Å². The van der Waals surface area contributed by atoms with Gasteiger partial charge in [-0.05, 0) is 31.5 Å². The fourth-order valence-electron chi connectivity index (χ4n) is 1.98. The summed E-state index contributed by atoms with van der Waals surface area (Å²) in [7, 11) is 5.01. The standard InChI is InChI=1S/C14H18N2O3/c1-8-6-11(17-4)12(18-5)7-10(8)13-9(2)16-14(15-3)19-13/h6-7H,1-5H3,(H,15,16). The average Bonchev–Trinajstić information content (AvgIpc) is 2.79. The van der Waals surface area contributed by atoms with Crippen molar-refractivity contribution in [2.45, 2.75) is 13.8 Å². The third-order valence-electron chi connectivity index (χ3n) is 2.99. The zero-order valence-electron chi connectivity index (χ0n) is 11.8.